The van der Waals surface area contributed by atoms with Crippen LogP contribution in [0, 0.1) is 19.7 Å². The summed E-state index contributed by atoms with van der Waals surface area (Å²) >= 11 is 0. The molecule has 1 N–H and O–H groups in total. The smallest absolute Gasteiger partial charge is 0.244 e. The number of unbranched alkanes of at least 4 members (excludes halogenated alkanes) is 1. The summed E-state index contributed by atoms with van der Waals surface area (Å²) in [5, 5.41) is 2.91. The highest BCUT2D eigenvalue weighted by Gasteiger charge is 2.33. The van der Waals surface area contributed by atoms with Gasteiger partial charge < -0.3 is 10.2 Å². The zero-order valence-corrected chi connectivity index (χ0v) is 24.4. The average molecular weight is 568 g/mol. The number of halogens is 1. The molecule has 1 atom stereocenters. The summed E-state index contributed by atoms with van der Waals surface area (Å²) in [4.78, 5) is 28.9. The van der Waals surface area contributed by atoms with Crippen LogP contribution in [0.1, 0.15) is 42.0 Å². The number of nitrogens with one attached hydrogen (secondary N) is 1. The molecule has 40 heavy (non-hydrogen) atoms. The number of sulfonamides is 1. The Morgan fingerprint density at radius 1 is 0.975 bits per heavy atom. The maximum absolute atomic E-state index is 14.8. The van der Waals surface area contributed by atoms with E-state index in [9.17, 15) is 22.4 Å². The van der Waals surface area contributed by atoms with Gasteiger partial charge in [0.15, 0.2) is 0 Å². The fourth-order valence-electron chi connectivity index (χ4n) is 4.55. The topological polar surface area (TPSA) is 86.8 Å². The highest BCUT2D eigenvalue weighted by atomic mass is 32.2. The van der Waals surface area contributed by atoms with E-state index >= 15 is 0 Å². The van der Waals surface area contributed by atoms with Gasteiger partial charge in [-0.1, -0.05) is 79.6 Å². The minimum atomic E-state index is -3.87. The zero-order valence-electron chi connectivity index (χ0n) is 23.6. The molecule has 0 radical (unpaired) electrons. The molecule has 0 aliphatic heterocycles. The van der Waals surface area contributed by atoms with Crippen molar-refractivity contribution < 1.29 is 22.4 Å². The molecule has 0 saturated heterocycles. The van der Waals surface area contributed by atoms with Crippen molar-refractivity contribution in [3.05, 3.63) is 101 Å². The molecule has 0 unspecified atom stereocenters. The Bertz CT molecular complexity index is 1410. The molecule has 214 valence electrons. The summed E-state index contributed by atoms with van der Waals surface area (Å²) in [5.41, 5.74) is 3.07. The molecule has 3 aromatic rings. The average Bonchev–Trinajstić information content (AvgIpc) is 2.90. The van der Waals surface area contributed by atoms with Crippen molar-refractivity contribution in [1.29, 1.82) is 0 Å². The number of amides is 2. The summed E-state index contributed by atoms with van der Waals surface area (Å²) in [5.74, 6) is -1.50. The second kappa shape index (κ2) is 14.1. The van der Waals surface area contributed by atoms with Crippen LogP contribution < -0.4 is 9.62 Å². The van der Waals surface area contributed by atoms with Crippen LogP contribution in [0.3, 0.4) is 0 Å². The molecule has 9 heteroatoms. The molecule has 0 fully saturated rings. The van der Waals surface area contributed by atoms with Crippen LogP contribution >= 0.6 is 0 Å². The lowest BCUT2D eigenvalue weighted by Crippen LogP contribution is -2.53. The first-order valence-corrected chi connectivity index (χ1v) is 15.3. The van der Waals surface area contributed by atoms with Crippen LogP contribution in [0.4, 0.5) is 10.1 Å². The molecular formula is C31H38FN3O4S. The number of aryl methyl sites for hydroxylation is 2. The van der Waals surface area contributed by atoms with E-state index < -0.39 is 34.3 Å². The van der Waals surface area contributed by atoms with Gasteiger partial charge in [0.05, 0.1) is 11.9 Å². The van der Waals surface area contributed by atoms with Gasteiger partial charge in [0.25, 0.3) is 0 Å². The lowest BCUT2D eigenvalue weighted by Gasteiger charge is -2.34. The van der Waals surface area contributed by atoms with Crippen molar-refractivity contribution in [3.63, 3.8) is 0 Å². The van der Waals surface area contributed by atoms with Crippen LogP contribution in [0.25, 0.3) is 0 Å². The second-order valence-corrected chi connectivity index (χ2v) is 11.9. The van der Waals surface area contributed by atoms with Gasteiger partial charge >= 0.3 is 0 Å². The quantitative estimate of drug-likeness (QED) is 0.302. The molecule has 0 aromatic heterocycles. The van der Waals surface area contributed by atoms with Crippen LogP contribution in [-0.4, -0.2) is 50.5 Å². The van der Waals surface area contributed by atoms with E-state index in [2.05, 4.69) is 5.32 Å². The first-order chi connectivity index (χ1) is 19.0. The van der Waals surface area contributed by atoms with Gasteiger partial charge in [0, 0.05) is 25.1 Å². The summed E-state index contributed by atoms with van der Waals surface area (Å²) in [7, 11) is -3.87. The van der Waals surface area contributed by atoms with E-state index in [1.54, 1.807) is 37.3 Å². The summed E-state index contributed by atoms with van der Waals surface area (Å²) in [6, 6.07) is 19.6. The SMILES string of the molecule is CCCCNC(=O)[C@@H](Cc1ccccc1)N(Cc1ccccc1F)C(=O)CN(c1ccc(C)cc1C)S(C)(=O)=O. The minimum absolute atomic E-state index is 0.182. The van der Waals surface area contributed by atoms with Crippen LogP contribution in [0.5, 0.6) is 0 Å². The Morgan fingerprint density at radius 2 is 1.65 bits per heavy atom. The Balaban J connectivity index is 2.06. The standard InChI is InChI=1S/C31H38FN3O4S/c1-5-6-18-33-31(37)29(20-25-12-8-7-9-13-25)34(21-26-14-10-11-15-27(26)32)30(36)22-35(40(4,38)39)28-17-16-23(2)19-24(28)3/h7-17,19,29H,5-6,18,20-22H2,1-4H3,(H,33,37)/t29-/m1/s1. The molecule has 2 amide bonds. The molecule has 0 aliphatic rings. The number of hydrogen-bond donors (Lipinski definition) is 1. The van der Waals surface area contributed by atoms with E-state index in [0.29, 0.717) is 17.8 Å². The van der Waals surface area contributed by atoms with Crippen LogP contribution in [0.2, 0.25) is 0 Å². The van der Waals surface area contributed by atoms with Crippen LogP contribution in [0.15, 0.2) is 72.8 Å². The summed E-state index contributed by atoms with van der Waals surface area (Å²) in [6.07, 6.45) is 2.86. The first kappa shape index (κ1) is 30.8. The highest BCUT2D eigenvalue weighted by Crippen LogP contribution is 2.25. The number of nitrogens with zero attached hydrogens (tertiary/aromatic N) is 2. The Hall–Kier alpha value is -3.72. The van der Waals surface area contributed by atoms with Crippen LogP contribution in [-0.2, 0) is 32.6 Å². The Labute approximate surface area is 237 Å². The monoisotopic (exact) mass is 567 g/mol. The minimum Gasteiger partial charge on any atom is -0.354 e. The normalized spacial score (nSPS) is 12.0. The van der Waals surface area contributed by atoms with E-state index in [1.165, 1.54) is 11.0 Å². The Morgan fingerprint density at radius 3 is 2.27 bits per heavy atom. The van der Waals surface area contributed by atoms with Gasteiger partial charge in [-0.05, 0) is 43.5 Å². The third-order valence-electron chi connectivity index (χ3n) is 6.70. The maximum Gasteiger partial charge on any atom is 0.244 e. The molecule has 0 aliphatic carbocycles. The van der Waals surface area contributed by atoms with Gasteiger partial charge in [-0.15, -0.1) is 0 Å². The summed E-state index contributed by atoms with van der Waals surface area (Å²) in [6.45, 7) is 5.38. The fourth-order valence-corrected chi connectivity index (χ4v) is 5.46. The molecule has 7 nitrogen and oxygen atoms in total. The molecular weight excluding hydrogens is 529 g/mol. The van der Waals surface area contributed by atoms with Crippen molar-refractivity contribution in [1.82, 2.24) is 10.2 Å². The van der Waals surface area contributed by atoms with Gasteiger partial charge in [-0.3, -0.25) is 13.9 Å². The third-order valence-corrected chi connectivity index (χ3v) is 7.83. The van der Waals surface area contributed by atoms with Gasteiger partial charge in [-0.2, -0.15) is 0 Å². The number of carbonyl (C=O) groups is 2. The van der Waals surface area contributed by atoms with Gasteiger partial charge in [0.1, 0.15) is 18.4 Å². The molecule has 3 rings (SSSR count). The summed E-state index contributed by atoms with van der Waals surface area (Å²) < 4.78 is 41.7. The van der Waals surface area contributed by atoms with Crippen molar-refractivity contribution in [2.75, 3.05) is 23.7 Å². The van der Waals surface area contributed by atoms with E-state index in [4.69, 9.17) is 0 Å². The number of anilines is 1. The second-order valence-electron chi connectivity index (χ2n) is 10.0. The molecule has 0 spiro atoms. The predicted molar refractivity (Wildman–Crippen MR) is 157 cm³/mol. The van der Waals surface area contributed by atoms with E-state index in [0.717, 1.165) is 34.5 Å². The lowest BCUT2D eigenvalue weighted by molar-refractivity contribution is -0.140. The van der Waals surface area contributed by atoms with Gasteiger partial charge in [0.2, 0.25) is 21.8 Å². The highest BCUT2D eigenvalue weighted by molar-refractivity contribution is 7.92. The number of rotatable bonds is 13. The largest absolute Gasteiger partial charge is 0.354 e. The number of hydrogen-bond acceptors (Lipinski definition) is 4. The number of benzene rings is 3. The molecule has 0 bridgehead atoms. The van der Waals surface area contributed by atoms with Crippen molar-refractivity contribution in [2.45, 2.75) is 52.6 Å². The number of carbonyl (C=O) groups excluding carboxylic acids is 2. The first-order valence-electron chi connectivity index (χ1n) is 13.4. The van der Waals surface area contributed by atoms with Crippen molar-refractivity contribution >= 4 is 27.5 Å². The predicted octanol–water partition coefficient (Wildman–Crippen LogP) is 4.76. The maximum atomic E-state index is 14.8. The van der Waals surface area contributed by atoms with E-state index in [1.807, 2.05) is 50.2 Å². The van der Waals surface area contributed by atoms with Crippen molar-refractivity contribution in [3.8, 4) is 0 Å². The van der Waals surface area contributed by atoms with Gasteiger partial charge in [-0.25, -0.2) is 12.8 Å². The van der Waals surface area contributed by atoms with E-state index in [-0.39, 0.29) is 24.4 Å². The zero-order chi connectivity index (χ0) is 29.3. The third kappa shape index (κ3) is 8.39. The van der Waals surface area contributed by atoms with Crippen molar-refractivity contribution in [2.24, 2.45) is 0 Å². The lowest BCUT2D eigenvalue weighted by atomic mass is 10.0. The fraction of sp³-hybridized carbons (Fsp3) is 0.355. The molecule has 0 saturated carbocycles. The molecule has 0 heterocycles. The Kier molecular flexibility index (Phi) is 10.8. The molecule has 3 aromatic carbocycles.